The number of rotatable bonds is 11. The van der Waals surface area contributed by atoms with E-state index in [4.69, 9.17) is 25.8 Å². The molecule has 0 atom stereocenters. The van der Waals surface area contributed by atoms with Crippen LogP contribution >= 0.6 is 27.5 Å². The summed E-state index contributed by atoms with van der Waals surface area (Å²) in [5, 5.41) is 1.42. The van der Waals surface area contributed by atoms with Crippen LogP contribution in [0, 0.1) is 0 Å². The zero-order chi connectivity index (χ0) is 19.6. The van der Waals surface area contributed by atoms with Gasteiger partial charge in [-0.05, 0) is 36.2 Å². The molecule has 0 radical (unpaired) electrons. The maximum absolute atomic E-state index is 11.6. The fourth-order valence-corrected chi connectivity index (χ4v) is 3.05. The third kappa shape index (κ3) is 6.33. The van der Waals surface area contributed by atoms with Crippen LogP contribution in [0.25, 0.3) is 0 Å². The minimum atomic E-state index is 0.414. The van der Waals surface area contributed by atoms with Gasteiger partial charge in [-0.25, -0.2) is 0 Å². The Morgan fingerprint density at radius 1 is 1.07 bits per heavy atom. The summed E-state index contributed by atoms with van der Waals surface area (Å²) in [5.74, 6) is 2.03. The van der Waals surface area contributed by atoms with Crippen molar-refractivity contribution in [2.45, 2.75) is 19.5 Å². The van der Waals surface area contributed by atoms with E-state index in [1.807, 2.05) is 30.3 Å². The first-order valence-corrected chi connectivity index (χ1v) is 9.98. The van der Waals surface area contributed by atoms with Gasteiger partial charge in [0.15, 0.2) is 0 Å². The van der Waals surface area contributed by atoms with Crippen LogP contribution in [0.4, 0.5) is 0 Å². The second kappa shape index (κ2) is 11.0. The molecule has 146 valence electrons. The lowest BCUT2D eigenvalue weighted by molar-refractivity contribution is -0.119. The van der Waals surface area contributed by atoms with E-state index in [9.17, 15) is 4.79 Å². The minimum absolute atomic E-state index is 0.414. The fourth-order valence-electron chi connectivity index (χ4n) is 2.56. The first kappa shape index (κ1) is 21.4. The van der Waals surface area contributed by atoms with Crippen molar-refractivity contribution < 1.29 is 19.0 Å². The predicted octanol–water partition coefficient (Wildman–Crippen LogP) is 4.68. The van der Waals surface area contributed by atoms with Crippen molar-refractivity contribution in [2.24, 2.45) is 0 Å². The molecule has 0 aliphatic heterocycles. The molecule has 0 spiro atoms. The zero-order valence-corrected chi connectivity index (χ0v) is 17.8. The number of nitrogens with zero attached hydrogens (tertiary/aromatic N) is 1. The van der Waals surface area contributed by atoms with Gasteiger partial charge in [0, 0.05) is 30.0 Å². The first-order chi connectivity index (χ1) is 13.1. The highest BCUT2D eigenvalue weighted by atomic mass is 79.9. The van der Waals surface area contributed by atoms with Crippen LogP contribution in [-0.2, 0) is 17.9 Å². The highest BCUT2D eigenvalue weighted by Crippen LogP contribution is 2.28. The minimum Gasteiger partial charge on any atom is -0.497 e. The van der Waals surface area contributed by atoms with E-state index in [-0.39, 0.29) is 0 Å². The number of carbonyl (C=O) groups excluding carboxylic acids is 1. The molecule has 0 unspecified atom stereocenters. The molecule has 0 heterocycles. The maximum atomic E-state index is 11.6. The second-order valence-corrected chi connectivity index (χ2v) is 7.04. The molecule has 7 heteroatoms. The number of alkyl halides is 1. The third-order valence-corrected chi connectivity index (χ3v) is 4.79. The molecule has 0 aliphatic carbocycles. The largest absolute Gasteiger partial charge is 0.497 e. The average Bonchev–Trinajstić information content (AvgIpc) is 2.69. The summed E-state index contributed by atoms with van der Waals surface area (Å²) < 4.78 is 16.2. The number of halogens is 2. The fraction of sp³-hybridized carbons (Fsp3) is 0.350. The molecule has 0 aromatic heterocycles. The molecular weight excluding hydrogens is 434 g/mol. The van der Waals surface area contributed by atoms with Gasteiger partial charge in [-0.1, -0.05) is 33.6 Å². The van der Waals surface area contributed by atoms with Crippen molar-refractivity contribution in [3.8, 4) is 17.2 Å². The van der Waals surface area contributed by atoms with Crippen LogP contribution in [0.1, 0.15) is 17.5 Å². The van der Waals surface area contributed by atoms with Gasteiger partial charge in [-0.15, -0.1) is 0 Å². The summed E-state index contributed by atoms with van der Waals surface area (Å²) in [7, 11) is 3.20. The summed E-state index contributed by atoms with van der Waals surface area (Å²) in [4.78, 5) is 13.2. The lowest BCUT2D eigenvalue weighted by Crippen LogP contribution is -2.21. The Bertz CT molecular complexity index is 757. The molecule has 0 aliphatic rings. The topological polar surface area (TPSA) is 48.0 Å². The van der Waals surface area contributed by atoms with Gasteiger partial charge in [0.1, 0.15) is 17.2 Å². The molecule has 5 nitrogen and oxygen atoms in total. The summed E-state index contributed by atoms with van der Waals surface area (Å²) in [6.45, 7) is 1.44. The van der Waals surface area contributed by atoms with Crippen molar-refractivity contribution in [3.63, 3.8) is 0 Å². The molecule has 0 N–H and O–H groups in total. The molecule has 0 saturated carbocycles. The first-order valence-electron chi connectivity index (χ1n) is 8.48. The van der Waals surface area contributed by atoms with Crippen LogP contribution in [0.2, 0.25) is 5.02 Å². The molecule has 0 bridgehead atoms. The lowest BCUT2D eigenvalue weighted by atomic mass is 10.1. The lowest BCUT2D eigenvalue weighted by Gasteiger charge is -2.20. The normalized spacial score (nSPS) is 10.4. The van der Waals surface area contributed by atoms with Gasteiger partial charge in [0.2, 0.25) is 6.41 Å². The van der Waals surface area contributed by atoms with Crippen LogP contribution in [0.3, 0.4) is 0 Å². The van der Waals surface area contributed by atoms with Crippen molar-refractivity contribution >= 4 is 33.9 Å². The molecule has 2 aromatic rings. The number of hydrogen-bond donors (Lipinski definition) is 0. The van der Waals surface area contributed by atoms with Crippen molar-refractivity contribution in [3.05, 3.63) is 52.5 Å². The van der Waals surface area contributed by atoms with Crippen molar-refractivity contribution in [1.82, 2.24) is 4.90 Å². The van der Waals surface area contributed by atoms with E-state index >= 15 is 0 Å². The monoisotopic (exact) mass is 455 g/mol. The summed E-state index contributed by atoms with van der Waals surface area (Å²) in [6.07, 6.45) is 1.72. The van der Waals surface area contributed by atoms with Crippen LogP contribution < -0.4 is 14.2 Å². The highest BCUT2D eigenvalue weighted by Gasteiger charge is 2.11. The number of ether oxygens (including phenoxy) is 3. The van der Waals surface area contributed by atoms with Gasteiger partial charge < -0.3 is 19.1 Å². The maximum Gasteiger partial charge on any atom is 0.210 e. The number of hydrogen-bond acceptors (Lipinski definition) is 4. The Balaban J connectivity index is 2.06. The zero-order valence-electron chi connectivity index (χ0n) is 15.4. The van der Waals surface area contributed by atoms with Crippen molar-refractivity contribution in [1.29, 1.82) is 0 Å². The van der Waals surface area contributed by atoms with E-state index in [1.54, 1.807) is 25.2 Å². The van der Waals surface area contributed by atoms with Gasteiger partial charge in [-0.3, -0.25) is 4.79 Å². The Labute approximate surface area is 173 Å². The van der Waals surface area contributed by atoms with Gasteiger partial charge in [0.25, 0.3) is 0 Å². The van der Waals surface area contributed by atoms with Gasteiger partial charge >= 0.3 is 0 Å². The Hall–Kier alpha value is -1.92. The molecule has 27 heavy (non-hydrogen) atoms. The summed E-state index contributed by atoms with van der Waals surface area (Å²) >= 11 is 9.66. The highest BCUT2D eigenvalue weighted by molar-refractivity contribution is 9.09. The van der Waals surface area contributed by atoms with E-state index in [1.165, 1.54) is 0 Å². The predicted molar refractivity (Wildman–Crippen MR) is 110 cm³/mol. The molecule has 2 aromatic carbocycles. The Morgan fingerprint density at radius 3 is 2.52 bits per heavy atom. The van der Waals surface area contributed by atoms with E-state index in [2.05, 4.69) is 15.9 Å². The van der Waals surface area contributed by atoms with Crippen LogP contribution in [0.5, 0.6) is 17.2 Å². The van der Waals surface area contributed by atoms with Gasteiger partial charge in [-0.2, -0.15) is 0 Å². The van der Waals surface area contributed by atoms with E-state index < -0.39 is 0 Å². The standard InChI is InChI=1S/C20H23BrClNO4/c1-25-17-6-5-16(20(11-17)26-2)13-23(14-24)12-15-4-7-19(18(22)10-15)27-9-3-8-21/h4-7,10-11,14H,3,8-9,12-13H2,1-2H3. The molecule has 0 fully saturated rings. The number of amides is 1. The average molecular weight is 457 g/mol. The Kier molecular flexibility index (Phi) is 8.75. The smallest absolute Gasteiger partial charge is 0.210 e. The van der Waals surface area contributed by atoms with Crippen LogP contribution in [0.15, 0.2) is 36.4 Å². The third-order valence-electron chi connectivity index (χ3n) is 3.93. The van der Waals surface area contributed by atoms with E-state index in [0.717, 1.165) is 29.3 Å². The SMILES string of the molecule is COc1ccc(CN(C=O)Cc2ccc(OCCCBr)c(Cl)c2)c(OC)c1. The van der Waals surface area contributed by atoms with Crippen LogP contribution in [-0.4, -0.2) is 37.5 Å². The molecule has 1 amide bonds. The molecule has 2 rings (SSSR count). The molecular formula is C20H23BrClNO4. The van der Waals surface area contributed by atoms with Gasteiger partial charge in [0.05, 0.1) is 25.8 Å². The summed E-state index contributed by atoms with van der Waals surface area (Å²) in [6, 6.07) is 11.1. The number of carbonyl (C=O) groups is 1. The Morgan fingerprint density at radius 2 is 1.89 bits per heavy atom. The quantitative estimate of drug-likeness (QED) is 0.280. The molecule has 0 saturated heterocycles. The summed E-state index contributed by atoms with van der Waals surface area (Å²) in [5.41, 5.74) is 1.82. The van der Waals surface area contributed by atoms with E-state index in [0.29, 0.717) is 42.0 Å². The number of methoxy groups -OCH3 is 2. The van der Waals surface area contributed by atoms with Crippen molar-refractivity contribution in [2.75, 3.05) is 26.2 Å². The number of benzene rings is 2. The second-order valence-electron chi connectivity index (χ2n) is 5.84.